The van der Waals surface area contributed by atoms with Crippen LogP contribution in [0.25, 0.3) is 0 Å². The van der Waals surface area contributed by atoms with Gasteiger partial charge in [-0.1, -0.05) is 35.9 Å². The monoisotopic (exact) mass is 403 g/mol. The summed E-state index contributed by atoms with van der Waals surface area (Å²) in [5.41, 5.74) is 2.23. The largest absolute Gasteiger partial charge is 0.354 e. The van der Waals surface area contributed by atoms with Gasteiger partial charge in [-0.05, 0) is 48.7 Å². The lowest BCUT2D eigenvalue weighted by Crippen LogP contribution is -2.53. The lowest BCUT2D eigenvalue weighted by molar-refractivity contribution is -0.126. The standard InChI is InChI=1S/C22H27ClFN3O/c1-17(22(28)25-10-9-18-5-7-21(24)8-6-18)27-13-11-26(12-14-27)16-19-3-2-4-20(23)15-19/h2-8,15,17H,9-14,16H2,1H3,(H,25,28)/t17-/m0/s1. The molecule has 150 valence electrons. The highest BCUT2D eigenvalue weighted by molar-refractivity contribution is 6.30. The van der Waals surface area contributed by atoms with E-state index in [4.69, 9.17) is 11.6 Å². The van der Waals surface area contributed by atoms with Crippen LogP contribution in [0.1, 0.15) is 18.1 Å². The first kappa shape index (κ1) is 20.8. The molecule has 1 N–H and O–H groups in total. The van der Waals surface area contributed by atoms with Gasteiger partial charge < -0.3 is 5.32 Å². The predicted molar refractivity (Wildman–Crippen MR) is 111 cm³/mol. The van der Waals surface area contributed by atoms with Crippen LogP contribution in [0.2, 0.25) is 5.02 Å². The highest BCUT2D eigenvalue weighted by atomic mass is 35.5. The van der Waals surface area contributed by atoms with Crippen molar-refractivity contribution in [3.8, 4) is 0 Å². The molecule has 0 aromatic heterocycles. The summed E-state index contributed by atoms with van der Waals surface area (Å²) in [6.45, 7) is 7.00. The van der Waals surface area contributed by atoms with Crippen molar-refractivity contribution in [2.75, 3.05) is 32.7 Å². The number of amides is 1. The first-order chi connectivity index (χ1) is 13.5. The molecule has 0 bridgehead atoms. The fourth-order valence-corrected chi connectivity index (χ4v) is 3.71. The minimum absolute atomic E-state index is 0.0467. The van der Waals surface area contributed by atoms with E-state index in [1.54, 1.807) is 12.1 Å². The molecule has 6 heteroatoms. The second kappa shape index (κ2) is 10.0. The normalized spacial score (nSPS) is 16.7. The summed E-state index contributed by atoms with van der Waals surface area (Å²) in [5.74, 6) is -0.193. The van der Waals surface area contributed by atoms with Crippen LogP contribution in [0.3, 0.4) is 0 Å². The van der Waals surface area contributed by atoms with Crippen molar-refractivity contribution >= 4 is 17.5 Å². The number of hydrogen-bond donors (Lipinski definition) is 1. The summed E-state index contributed by atoms with van der Waals surface area (Å²) in [6, 6.07) is 14.2. The van der Waals surface area contributed by atoms with E-state index in [1.807, 2.05) is 25.1 Å². The second-order valence-corrected chi connectivity index (χ2v) is 7.72. The molecular formula is C22H27ClFN3O. The molecule has 0 aliphatic carbocycles. The quantitative estimate of drug-likeness (QED) is 0.770. The van der Waals surface area contributed by atoms with E-state index < -0.39 is 0 Å². The van der Waals surface area contributed by atoms with Gasteiger partial charge in [-0.15, -0.1) is 0 Å². The molecule has 0 saturated carbocycles. The Morgan fingerprint density at radius 3 is 2.50 bits per heavy atom. The Hall–Kier alpha value is -1.95. The zero-order valence-corrected chi connectivity index (χ0v) is 17.0. The molecule has 1 aliphatic rings. The van der Waals surface area contributed by atoms with Crippen LogP contribution in [0, 0.1) is 5.82 Å². The molecule has 4 nitrogen and oxygen atoms in total. The average Bonchev–Trinajstić information content (AvgIpc) is 2.69. The summed E-state index contributed by atoms with van der Waals surface area (Å²) in [6.07, 6.45) is 0.701. The average molecular weight is 404 g/mol. The van der Waals surface area contributed by atoms with Crippen molar-refractivity contribution in [2.45, 2.75) is 25.9 Å². The van der Waals surface area contributed by atoms with E-state index in [9.17, 15) is 9.18 Å². The molecule has 3 rings (SSSR count). The van der Waals surface area contributed by atoms with Gasteiger partial charge in [-0.25, -0.2) is 4.39 Å². The van der Waals surface area contributed by atoms with Crippen LogP contribution >= 0.6 is 11.6 Å². The molecule has 1 saturated heterocycles. The maximum atomic E-state index is 12.9. The van der Waals surface area contributed by atoms with Crippen LogP contribution < -0.4 is 5.32 Å². The summed E-state index contributed by atoms with van der Waals surface area (Å²) >= 11 is 6.06. The smallest absolute Gasteiger partial charge is 0.237 e. The van der Waals surface area contributed by atoms with Crippen molar-refractivity contribution in [3.05, 3.63) is 70.5 Å². The van der Waals surface area contributed by atoms with Gasteiger partial charge >= 0.3 is 0 Å². The summed E-state index contributed by atoms with van der Waals surface area (Å²) < 4.78 is 12.9. The molecule has 0 radical (unpaired) electrons. The van der Waals surface area contributed by atoms with Gasteiger partial charge in [0.15, 0.2) is 0 Å². The van der Waals surface area contributed by atoms with Gasteiger partial charge in [0, 0.05) is 44.3 Å². The van der Waals surface area contributed by atoms with Gasteiger partial charge in [-0.2, -0.15) is 0 Å². The number of carbonyl (C=O) groups is 1. The van der Waals surface area contributed by atoms with E-state index >= 15 is 0 Å². The fraction of sp³-hybridized carbons (Fsp3) is 0.409. The van der Waals surface area contributed by atoms with Gasteiger partial charge in [-0.3, -0.25) is 14.6 Å². The first-order valence-electron chi connectivity index (χ1n) is 9.74. The Morgan fingerprint density at radius 2 is 1.82 bits per heavy atom. The lowest BCUT2D eigenvalue weighted by atomic mass is 10.1. The fourth-order valence-electron chi connectivity index (χ4n) is 3.50. The number of hydrogen-bond acceptors (Lipinski definition) is 3. The Labute approximate surface area is 171 Å². The second-order valence-electron chi connectivity index (χ2n) is 7.29. The molecule has 1 amide bonds. The van der Waals surface area contributed by atoms with Crippen LogP contribution in [-0.2, 0) is 17.8 Å². The Bertz CT molecular complexity index is 776. The minimum Gasteiger partial charge on any atom is -0.354 e. The third-order valence-electron chi connectivity index (χ3n) is 5.26. The van der Waals surface area contributed by atoms with Crippen molar-refractivity contribution in [3.63, 3.8) is 0 Å². The number of nitrogens with one attached hydrogen (secondary N) is 1. The molecule has 1 aliphatic heterocycles. The molecule has 2 aromatic rings. The number of rotatable bonds is 7. The number of halogens is 2. The van der Waals surface area contributed by atoms with Gasteiger partial charge in [0.05, 0.1) is 6.04 Å². The number of nitrogens with zero attached hydrogens (tertiary/aromatic N) is 2. The van der Waals surface area contributed by atoms with Crippen molar-refractivity contribution in [1.82, 2.24) is 15.1 Å². The van der Waals surface area contributed by atoms with E-state index in [-0.39, 0.29) is 17.8 Å². The van der Waals surface area contributed by atoms with E-state index in [2.05, 4.69) is 21.2 Å². The first-order valence-corrected chi connectivity index (χ1v) is 10.1. The zero-order valence-electron chi connectivity index (χ0n) is 16.2. The summed E-state index contributed by atoms with van der Waals surface area (Å²) in [7, 11) is 0. The van der Waals surface area contributed by atoms with Crippen molar-refractivity contribution in [1.29, 1.82) is 0 Å². The Balaban J connectivity index is 1.39. The minimum atomic E-state index is -0.240. The van der Waals surface area contributed by atoms with Crippen LogP contribution in [0.4, 0.5) is 4.39 Å². The zero-order chi connectivity index (χ0) is 19.9. The number of piperazine rings is 1. The third-order valence-corrected chi connectivity index (χ3v) is 5.49. The molecule has 0 spiro atoms. The Kier molecular flexibility index (Phi) is 7.43. The topological polar surface area (TPSA) is 35.6 Å². The van der Waals surface area contributed by atoms with Gasteiger partial charge in [0.2, 0.25) is 5.91 Å². The van der Waals surface area contributed by atoms with Crippen LogP contribution in [0.5, 0.6) is 0 Å². The Morgan fingerprint density at radius 1 is 1.11 bits per heavy atom. The molecule has 1 heterocycles. The van der Waals surface area contributed by atoms with Crippen LogP contribution in [-0.4, -0.2) is 54.5 Å². The van der Waals surface area contributed by atoms with Crippen molar-refractivity contribution < 1.29 is 9.18 Å². The molecule has 0 unspecified atom stereocenters. The number of carbonyl (C=O) groups excluding carboxylic acids is 1. The molecular weight excluding hydrogens is 377 g/mol. The lowest BCUT2D eigenvalue weighted by Gasteiger charge is -2.37. The SMILES string of the molecule is C[C@@H](C(=O)NCCc1ccc(F)cc1)N1CCN(Cc2cccc(Cl)c2)CC1. The van der Waals surface area contributed by atoms with Crippen molar-refractivity contribution in [2.24, 2.45) is 0 Å². The predicted octanol–water partition coefficient (Wildman–Crippen LogP) is 3.34. The highest BCUT2D eigenvalue weighted by Crippen LogP contribution is 2.15. The third kappa shape index (κ3) is 6.03. The summed E-state index contributed by atoms with van der Waals surface area (Å²) in [4.78, 5) is 17.1. The van der Waals surface area contributed by atoms with Gasteiger partial charge in [0.25, 0.3) is 0 Å². The van der Waals surface area contributed by atoms with E-state index in [0.29, 0.717) is 13.0 Å². The molecule has 1 fully saturated rings. The van der Waals surface area contributed by atoms with E-state index in [1.165, 1.54) is 17.7 Å². The highest BCUT2D eigenvalue weighted by Gasteiger charge is 2.25. The molecule has 2 aromatic carbocycles. The molecule has 1 atom stereocenters. The van der Waals surface area contributed by atoms with Crippen LogP contribution in [0.15, 0.2) is 48.5 Å². The maximum Gasteiger partial charge on any atom is 0.237 e. The van der Waals surface area contributed by atoms with Gasteiger partial charge in [0.1, 0.15) is 5.82 Å². The maximum absolute atomic E-state index is 12.9. The summed E-state index contributed by atoms with van der Waals surface area (Å²) in [5, 5.41) is 3.76. The van der Waals surface area contributed by atoms with E-state index in [0.717, 1.165) is 43.3 Å². The molecule has 28 heavy (non-hydrogen) atoms. The number of benzene rings is 2.